The third kappa shape index (κ3) is 15.5. The Morgan fingerprint density at radius 2 is 1.64 bits per heavy atom. The van der Waals surface area contributed by atoms with E-state index in [4.69, 9.17) is 9.47 Å². The normalized spacial score (nSPS) is 22.8. The summed E-state index contributed by atoms with van der Waals surface area (Å²) in [7, 11) is 1.59. The van der Waals surface area contributed by atoms with E-state index in [-0.39, 0.29) is 64.1 Å². The second kappa shape index (κ2) is 19.9. The minimum Gasteiger partial charge on any atom is -1.00 e. The van der Waals surface area contributed by atoms with Gasteiger partial charge in [0.1, 0.15) is 6.23 Å². The molecule has 0 aliphatic carbocycles. The topological polar surface area (TPSA) is 76.7 Å². The van der Waals surface area contributed by atoms with Crippen molar-refractivity contribution in [1.29, 1.82) is 0 Å². The van der Waals surface area contributed by atoms with Gasteiger partial charge < -0.3 is 43.7 Å². The second-order valence-electron chi connectivity index (χ2n) is 5.10. The van der Waals surface area contributed by atoms with Gasteiger partial charge in [0, 0.05) is 45.6 Å². The van der Waals surface area contributed by atoms with Gasteiger partial charge in [-0.3, -0.25) is 16.2 Å². The van der Waals surface area contributed by atoms with Crippen molar-refractivity contribution in [2.24, 2.45) is 0 Å². The molecule has 25 heavy (non-hydrogen) atoms. The Balaban J connectivity index is -0.000000272. The molecule has 2 unspecified atom stereocenters. The van der Waals surface area contributed by atoms with Gasteiger partial charge in [0.25, 0.3) is 0 Å². The molecule has 0 saturated carbocycles. The molecule has 0 aromatic rings. The molecule has 3 saturated heterocycles. The first kappa shape index (κ1) is 29.4. The van der Waals surface area contributed by atoms with Gasteiger partial charge in [-0.1, -0.05) is 6.08 Å². The van der Waals surface area contributed by atoms with Crippen LogP contribution in [0.1, 0.15) is 38.5 Å². The number of halogens is 1. The average Bonchev–Trinajstić information content (AvgIpc) is 3.33. The molecule has 0 bridgehead atoms. The van der Waals surface area contributed by atoms with E-state index < -0.39 is 0 Å². The molecule has 3 aliphatic heterocycles. The molecule has 140 valence electrons. The maximum atomic E-state index is 10.5. The first-order chi connectivity index (χ1) is 11.2. The monoisotopic (exact) mass is 428 g/mol. The van der Waals surface area contributed by atoms with Gasteiger partial charge in [-0.25, -0.2) is 0 Å². The Kier molecular flexibility index (Phi) is 23.4. The summed E-state index contributed by atoms with van der Waals surface area (Å²) in [6, 6.07) is 0.238. The fourth-order valence-corrected chi connectivity index (χ4v) is 2.09. The van der Waals surface area contributed by atoms with Gasteiger partial charge in [0.15, 0.2) is 0 Å². The quantitative estimate of drug-likeness (QED) is 0.313. The molecule has 6 nitrogen and oxygen atoms in total. The average molecular weight is 430 g/mol. The smallest absolute Gasteiger partial charge is 1.00 e. The van der Waals surface area contributed by atoms with Crippen LogP contribution in [0.5, 0.6) is 0 Å². The predicted molar refractivity (Wildman–Crippen MR) is 95.3 cm³/mol. The maximum Gasteiger partial charge on any atom is 2.00 e. The molecule has 2 N–H and O–H groups in total. The van der Waals surface area contributed by atoms with Gasteiger partial charge >= 0.3 is 23.1 Å². The van der Waals surface area contributed by atoms with Crippen molar-refractivity contribution < 1.29 is 36.0 Å². The van der Waals surface area contributed by atoms with Crippen molar-refractivity contribution in [3.8, 4) is 0 Å². The largest absolute Gasteiger partial charge is 2.00 e. The van der Waals surface area contributed by atoms with E-state index >= 15 is 0 Å². The Morgan fingerprint density at radius 1 is 1.12 bits per heavy atom. The number of methoxy groups -OCH3 is 1. The first-order valence-corrected chi connectivity index (χ1v) is 7.88. The van der Waals surface area contributed by atoms with Gasteiger partial charge in [-0.15, -0.1) is 6.58 Å². The molecule has 0 aromatic carbocycles. The molecule has 3 heterocycles. The molecule has 2 atom stereocenters. The van der Waals surface area contributed by atoms with Crippen molar-refractivity contribution in [3.63, 3.8) is 0 Å². The number of ether oxygens (including phenoxy) is 2. The molecule has 0 aromatic heterocycles. The van der Waals surface area contributed by atoms with Crippen LogP contribution in [0.15, 0.2) is 19.2 Å². The number of rotatable bonds is 2. The van der Waals surface area contributed by atoms with Gasteiger partial charge in [-0.05, 0) is 19.3 Å². The minimum absolute atomic E-state index is 0. The van der Waals surface area contributed by atoms with E-state index in [1.54, 1.807) is 13.2 Å². The van der Waals surface area contributed by atoms with E-state index in [0.29, 0.717) is 12.8 Å². The van der Waals surface area contributed by atoms with Crippen LogP contribution < -0.4 is 27.6 Å². The summed E-state index contributed by atoms with van der Waals surface area (Å²) < 4.78 is 9.79. The predicted octanol–water partition coefficient (Wildman–Crippen LogP) is -1.65. The standard InChI is InChI=1S/C6H9NO.C5H9NO2.C4H8O.C2H3.BrH.Mg/c1-2-5-3-4-6(8)7-5;1-8-5-3-2-4(7)6-5;1-2-4-5-3-1;1-2;;/h2,5H,1,3-4H2,(H,7,8);5H,2-3H2,1H3,(H,6,7);1-4H2;1H,2H2;1H;/q;;;-1;;+2/p-1. The number of carbonyl (C=O) groups excluding carboxylic acids is 2. The second-order valence-corrected chi connectivity index (χ2v) is 5.10. The van der Waals surface area contributed by atoms with Gasteiger partial charge in [0.05, 0.1) is 0 Å². The molecule has 3 aliphatic rings. The van der Waals surface area contributed by atoms with Gasteiger partial charge in [0.2, 0.25) is 11.8 Å². The van der Waals surface area contributed by atoms with Crippen molar-refractivity contribution in [2.75, 3.05) is 20.3 Å². The first-order valence-electron chi connectivity index (χ1n) is 7.88. The summed E-state index contributed by atoms with van der Waals surface area (Å²) in [4.78, 5) is 20.9. The fraction of sp³-hybridized carbons (Fsp3) is 0.647. The van der Waals surface area contributed by atoms with Crippen molar-refractivity contribution in [1.82, 2.24) is 10.6 Å². The van der Waals surface area contributed by atoms with Crippen LogP contribution in [0.2, 0.25) is 0 Å². The van der Waals surface area contributed by atoms with E-state index in [0.717, 1.165) is 26.1 Å². The van der Waals surface area contributed by atoms with E-state index in [1.165, 1.54) is 12.8 Å². The zero-order valence-corrected chi connectivity index (χ0v) is 18.1. The Labute approximate surface area is 178 Å². The van der Waals surface area contributed by atoms with Crippen LogP contribution in [0.4, 0.5) is 0 Å². The summed E-state index contributed by atoms with van der Waals surface area (Å²) in [5.41, 5.74) is 0. The van der Waals surface area contributed by atoms with Crippen LogP contribution >= 0.6 is 0 Å². The van der Waals surface area contributed by atoms with Crippen molar-refractivity contribution in [3.05, 3.63) is 25.8 Å². The summed E-state index contributed by atoms with van der Waals surface area (Å²) in [5, 5.41) is 5.39. The molecule has 0 spiro atoms. The number of nitrogens with one attached hydrogen (secondary N) is 2. The van der Waals surface area contributed by atoms with Crippen LogP contribution in [-0.2, 0) is 19.1 Å². The molecular weight excluding hydrogens is 400 g/mol. The Hall–Kier alpha value is -0.414. The van der Waals surface area contributed by atoms with Crippen LogP contribution in [0, 0.1) is 6.58 Å². The van der Waals surface area contributed by atoms with E-state index in [9.17, 15) is 9.59 Å². The summed E-state index contributed by atoms with van der Waals surface area (Å²) in [5.74, 6) is 0.242. The number of hydrogen-bond donors (Lipinski definition) is 2. The number of amides is 2. The third-order valence-electron chi connectivity index (χ3n) is 3.38. The van der Waals surface area contributed by atoms with E-state index in [2.05, 4.69) is 30.4 Å². The molecule has 0 radical (unpaired) electrons. The minimum atomic E-state index is -0.0255. The molecule has 3 fully saturated rings. The molecule has 8 heteroatoms. The molecular formula is C17H29BrMgN2O4. The Bertz CT molecular complexity index is 361. The number of hydrogen-bond acceptors (Lipinski definition) is 4. The molecule has 2 amide bonds. The van der Waals surface area contributed by atoms with E-state index in [1.807, 2.05) is 0 Å². The maximum absolute atomic E-state index is 10.5. The third-order valence-corrected chi connectivity index (χ3v) is 3.38. The summed E-state index contributed by atoms with van der Waals surface area (Å²) in [6.45, 7) is 12.6. The zero-order chi connectivity index (χ0) is 17.5. The van der Waals surface area contributed by atoms with Crippen LogP contribution in [-0.4, -0.2) is 67.5 Å². The van der Waals surface area contributed by atoms with Crippen LogP contribution in [0.25, 0.3) is 0 Å². The number of carbonyl (C=O) groups is 2. The van der Waals surface area contributed by atoms with Crippen molar-refractivity contribution in [2.45, 2.75) is 50.8 Å². The van der Waals surface area contributed by atoms with Gasteiger partial charge in [-0.2, -0.15) is 0 Å². The zero-order valence-electron chi connectivity index (χ0n) is 15.1. The van der Waals surface area contributed by atoms with Crippen molar-refractivity contribution >= 4 is 34.9 Å². The summed E-state index contributed by atoms with van der Waals surface area (Å²) >= 11 is 0. The Morgan fingerprint density at radius 3 is 1.84 bits per heavy atom. The van der Waals surface area contributed by atoms with Crippen LogP contribution in [0.3, 0.4) is 0 Å². The molecule has 3 rings (SSSR count). The SMILES string of the molecule is C1CCOC1.C=CC1CCC(=O)N1.COC1CCC(=O)N1.[Br-].[CH-]=C.[Mg+2]. The summed E-state index contributed by atoms with van der Waals surface area (Å²) in [6.07, 6.45) is 7.31. The fourth-order valence-electron chi connectivity index (χ4n) is 2.09.